The summed E-state index contributed by atoms with van der Waals surface area (Å²) < 4.78 is 2.23. The van der Waals surface area contributed by atoms with E-state index >= 15 is 0 Å². The van der Waals surface area contributed by atoms with Gasteiger partial charge in [-0.05, 0) is 36.9 Å². The lowest BCUT2D eigenvalue weighted by molar-refractivity contribution is -0.121. The Balaban J connectivity index is 1.76. The number of carbonyl (C=O) groups excluding carboxylic acids is 1. The second-order valence-corrected chi connectivity index (χ2v) is 7.62. The number of nitrogens with zero attached hydrogens (tertiary/aromatic N) is 3. The van der Waals surface area contributed by atoms with E-state index < -0.39 is 0 Å². The standard InChI is InChI=1S/C20H23ClN4O2S/c1-3-24(4-2)20-23-16-10-12-28-18(16)19(27)25(20)11-9-17(26)22-13-14-7-5-6-8-15(14)21/h5-8,10,12H,3-4,9,11,13H2,1-2H3,(H,22,26). The molecule has 2 heterocycles. The van der Waals surface area contributed by atoms with Gasteiger partial charge < -0.3 is 10.2 Å². The number of amides is 1. The number of halogens is 1. The zero-order valence-corrected chi connectivity index (χ0v) is 17.5. The van der Waals surface area contributed by atoms with Gasteiger partial charge in [0.2, 0.25) is 11.9 Å². The van der Waals surface area contributed by atoms with Crippen molar-refractivity contribution in [3.05, 3.63) is 56.7 Å². The first-order valence-electron chi connectivity index (χ1n) is 9.28. The molecular weight excluding hydrogens is 396 g/mol. The van der Waals surface area contributed by atoms with Crippen LogP contribution in [0.2, 0.25) is 5.02 Å². The summed E-state index contributed by atoms with van der Waals surface area (Å²) in [6, 6.07) is 9.25. The molecule has 3 rings (SSSR count). The van der Waals surface area contributed by atoms with E-state index in [9.17, 15) is 9.59 Å². The average Bonchev–Trinajstić information content (AvgIpc) is 3.17. The number of anilines is 1. The molecular formula is C20H23ClN4O2S. The monoisotopic (exact) mass is 418 g/mol. The van der Waals surface area contributed by atoms with Gasteiger partial charge in [0, 0.05) is 37.6 Å². The van der Waals surface area contributed by atoms with E-state index in [-0.39, 0.29) is 24.4 Å². The number of benzene rings is 1. The molecule has 6 nitrogen and oxygen atoms in total. The summed E-state index contributed by atoms with van der Waals surface area (Å²) in [4.78, 5) is 32.0. The van der Waals surface area contributed by atoms with Gasteiger partial charge in [-0.2, -0.15) is 0 Å². The summed E-state index contributed by atoms with van der Waals surface area (Å²) in [5, 5.41) is 5.36. The third kappa shape index (κ3) is 4.36. The lowest BCUT2D eigenvalue weighted by atomic mass is 10.2. The van der Waals surface area contributed by atoms with Crippen LogP contribution in [0.4, 0.5) is 5.95 Å². The van der Waals surface area contributed by atoms with Crippen LogP contribution < -0.4 is 15.8 Å². The van der Waals surface area contributed by atoms with E-state index in [1.165, 1.54) is 11.3 Å². The summed E-state index contributed by atoms with van der Waals surface area (Å²) in [7, 11) is 0. The van der Waals surface area contributed by atoms with Crippen molar-refractivity contribution >= 4 is 45.0 Å². The Morgan fingerprint density at radius 1 is 1.25 bits per heavy atom. The third-order valence-electron chi connectivity index (χ3n) is 4.59. The average molecular weight is 419 g/mol. The Hall–Kier alpha value is -2.38. The lowest BCUT2D eigenvalue weighted by Crippen LogP contribution is -2.34. The molecule has 0 bridgehead atoms. The number of nitrogens with one attached hydrogen (secondary N) is 1. The third-order valence-corrected chi connectivity index (χ3v) is 5.85. The van der Waals surface area contributed by atoms with Crippen molar-refractivity contribution in [1.29, 1.82) is 0 Å². The van der Waals surface area contributed by atoms with Crippen LogP contribution in [-0.4, -0.2) is 28.5 Å². The van der Waals surface area contributed by atoms with Gasteiger partial charge in [-0.25, -0.2) is 4.98 Å². The van der Waals surface area contributed by atoms with Crippen LogP contribution in [0.15, 0.2) is 40.5 Å². The van der Waals surface area contributed by atoms with Crippen molar-refractivity contribution in [3.63, 3.8) is 0 Å². The summed E-state index contributed by atoms with van der Waals surface area (Å²) in [5.41, 5.74) is 1.47. The Labute approximate surface area is 172 Å². The van der Waals surface area contributed by atoms with Crippen molar-refractivity contribution in [2.75, 3.05) is 18.0 Å². The van der Waals surface area contributed by atoms with Crippen LogP contribution in [0.3, 0.4) is 0 Å². The molecule has 1 aromatic carbocycles. The van der Waals surface area contributed by atoms with E-state index in [0.29, 0.717) is 27.7 Å². The smallest absolute Gasteiger partial charge is 0.272 e. The lowest BCUT2D eigenvalue weighted by Gasteiger charge is -2.23. The number of fused-ring (bicyclic) bond motifs is 1. The SMILES string of the molecule is CCN(CC)c1nc2ccsc2c(=O)n1CCC(=O)NCc1ccccc1Cl. The van der Waals surface area contributed by atoms with Gasteiger partial charge in [-0.15, -0.1) is 11.3 Å². The van der Waals surface area contributed by atoms with E-state index in [1.54, 1.807) is 10.6 Å². The number of aromatic nitrogens is 2. The minimum atomic E-state index is -0.136. The molecule has 0 radical (unpaired) electrons. The van der Waals surface area contributed by atoms with Crippen LogP contribution in [0.25, 0.3) is 10.2 Å². The van der Waals surface area contributed by atoms with E-state index in [0.717, 1.165) is 18.7 Å². The molecule has 0 fully saturated rings. The van der Waals surface area contributed by atoms with Gasteiger partial charge in [0.1, 0.15) is 4.70 Å². The molecule has 0 unspecified atom stereocenters. The minimum absolute atomic E-state index is 0.0965. The molecule has 3 aromatic rings. The molecule has 148 valence electrons. The highest BCUT2D eigenvalue weighted by Crippen LogP contribution is 2.19. The normalized spacial score (nSPS) is 11.0. The predicted octanol–water partition coefficient (Wildman–Crippen LogP) is 3.66. The van der Waals surface area contributed by atoms with Crippen molar-refractivity contribution in [1.82, 2.24) is 14.9 Å². The first-order valence-corrected chi connectivity index (χ1v) is 10.5. The quantitative estimate of drug-likeness (QED) is 0.606. The topological polar surface area (TPSA) is 67.2 Å². The molecule has 28 heavy (non-hydrogen) atoms. The second kappa shape index (κ2) is 9.21. The Morgan fingerprint density at radius 3 is 2.71 bits per heavy atom. The molecule has 0 saturated carbocycles. The van der Waals surface area contributed by atoms with Crippen LogP contribution >= 0.6 is 22.9 Å². The van der Waals surface area contributed by atoms with Gasteiger partial charge in [-0.1, -0.05) is 29.8 Å². The molecule has 0 spiro atoms. The Kier molecular flexibility index (Phi) is 6.70. The second-order valence-electron chi connectivity index (χ2n) is 6.29. The van der Waals surface area contributed by atoms with Crippen LogP contribution in [0, 0.1) is 0 Å². The van der Waals surface area contributed by atoms with Crippen LogP contribution in [-0.2, 0) is 17.9 Å². The maximum atomic E-state index is 12.9. The highest BCUT2D eigenvalue weighted by molar-refractivity contribution is 7.17. The zero-order chi connectivity index (χ0) is 20.1. The number of thiophene rings is 1. The maximum Gasteiger partial charge on any atom is 0.272 e. The largest absolute Gasteiger partial charge is 0.352 e. The molecule has 2 aromatic heterocycles. The van der Waals surface area contributed by atoms with Crippen LogP contribution in [0.5, 0.6) is 0 Å². The van der Waals surface area contributed by atoms with Gasteiger partial charge in [0.15, 0.2) is 0 Å². The van der Waals surface area contributed by atoms with Crippen LogP contribution in [0.1, 0.15) is 25.8 Å². The zero-order valence-electron chi connectivity index (χ0n) is 15.9. The molecule has 0 atom stereocenters. The number of hydrogen-bond donors (Lipinski definition) is 1. The first-order chi connectivity index (χ1) is 13.5. The fraction of sp³-hybridized carbons (Fsp3) is 0.350. The molecule has 1 amide bonds. The maximum absolute atomic E-state index is 12.9. The number of rotatable bonds is 8. The highest BCUT2D eigenvalue weighted by Gasteiger charge is 2.17. The molecule has 0 saturated heterocycles. The molecule has 0 aliphatic rings. The Bertz CT molecular complexity index is 1030. The fourth-order valence-corrected chi connectivity index (χ4v) is 4.00. The molecule has 0 aliphatic carbocycles. The summed E-state index contributed by atoms with van der Waals surface area (Å²) in [6.45, 7) is 6.15. The number of hydrogen-bond acceptors (Lipinski definition) is 5. The van der Waals surface area contributed by atoms with E-state index in [1.807, 2.05) is 48.4 Å². The van der Waals surface area contributed by atoms with E-state index in [2.05, 4.69) is 10.3 Å². The summed E-state index contributed by atoms with van der Waals surface area (Å²) in [6.07, 6.45) is 0.192. The highest BCUT2D eigenvalue weighted by atomic mass is 35.5. The molecule has 1 N–H and O–H groups in total. The van der Waals surface area contributed by atoms with Crippen molar-refractivity contribution in [2.24, 2.45) is 0 Å². The van der Waals surface area contributed by atoms with Gasteiger partial charge in [0.25, 0.3) is 5.56 Å². The summed E-state index contributed by atoms with van der Waals surface area (Å²) >= 11 is 7.50. The predicted molar refractivity (Wildman–Crippen MR) is 115 cm³/mol. The van der Waals surface area contributed by atoms with Gasteiger partial charge in [0.05, 0.1) is 5.52 Å². The number of carbonyl (C=O) groups is 1. The first kappa shape index (κ1) is 20.4. The van der Waals surface area contributed by atoms with E-state index in [4.69, 9.17) is 11.6 Å². The minimum Gasteiger partial charge on any atom is -0.352 e. The molecule has 0 aliphatic heterocycles. The fourth-order valence-electron chi connectivity index (χ4n) is 3.02. The molecule has 8 heteroatoms. The van der Waals surface area contributed by atoms with Crippen molar-refractivity contribution in [3.8, 4) is 0 Å². The Morgan fingerprint density at radius 2 is 2.00 bits per heavy atom. The van der Waals surface area contributed by atoms with Crippen molar-refractivity contribution < 1.29 is 4.79 Å². The summed E-state index contributed by atoms with van der Waals surface area (Å²) in [5.74, 6) is 0.475. The van der Waals surface area contributed by atoms with Gasteiger partial charge in [-0.3, -0.25) is 14.2 Å². The van der Waals surface area contributed by atoms with Crippen molar-refractivity contribution in [2.45, 2.75) is 33.4 Å². The van der Waals surface area contributed by atoms with Gasteiger partial charge >= 0.3 is 0 Å².